The molecule has 4 N–H and O–H groups in total. The third-order valence-corrected chi connectivity index (χ3v) is 2.81. The lowest BCUT2D eigenvalue weighted by Gasteiger charge is -2.12. The SMILES string of the molecule is NC(=S)NNc1nc(-c2ccc(Cl)cc2)cc(C(F)(F)F)n1. The maximum atomic E-state index is 12.9. The minimum Gasteiger partial charge on any atom is -0.375 e. The number of anilines is 1. The smallest absolute Gasteiger partial charge is 0.375 e. The van der Waals surface area contributed by atoms with Crippen LogP contribution < -0.4 is 16.6 Å². The van der Waals surface area contributed by atoms with Crippen LogP contribution in [0, 0.1) is 0 Å². The van der Waals surface area contributed by atoms with Crippen LogP contribution in [0.4, 0.5) is 19.1 Å². The predicted octanol–water partition coefficient (Wildman–Crippen LogP) is 2.98. The van der Waals surface area contributed by atoms with Crippen LogP contribution in [0.5, 0.6) is 0 Å². The standard InChI is InChI=1S/C12H9ClF3N5S/c13-7-3-1-6(2-4-7)8-5-9(12(14,15)16)19-11(18-8)21-20-10(17)22/h1-5H,(H3,17,20,22)(H,18,19,21). The number of hydrogen-bond acceptors (Lipinski definition) is 4. The molecule has 0 unspecified atom stereocenters. The Balaban J connectivity index is 2.45. The van der Waals surface area contributed by atoms with Crippen molar-refractivity contribution in [1.82, 2.24) is 15.4 Å². The van der Waals surface area contributed by atoms with Crippen LogP contribution in [0.3, 0.4) is 0 Å². The molecule has 22 heavy (non-hydrogen) atoms. The maximum absolute atomic E-state index is 12.9. The monoisotopic (exact) mass is 347 g/mol. The molecule has 2 aromatic rings. The Kier molecular flexibility index (Phi) is 4.67. The van der Waals surface area contributed by atoms with Gasteiger partial charge in [0, 0.05) is 10.6 Å². The molecule has 0 aliphatic heterocycles. The van der Waals surface area contributed by atoms with Gasteiger partial charge in [0.2, 0.25) is 5.95 Å². The minimum atomic E-state index is -4.62. The molecule has 1 aromatic heterocycles. The minimum absolute atomic E-state index is 0.0752. The average molecular weight is 348 g/mol. The number of aromatic nitrogens is 2. The Bertz CT molecular complexity index is 690. The van der Waals surface area contributed by atoms with Crippen molar-refractivity contribution < 1.29 is 13.2 Å². The fourth-order valence-electron chi connectivity index (χ4n) is 1.53. The number of nitrogens with one attached hydrogen (secondary N) is 2. The van der Waals surface area contributed by atoms with E-state index in [0.717, 1.165) is 6.07 Å². The molecule has 0 saturated carbocycles. The number of rotatable bonds is 3. The Hall–Kier alpha value is -2.13. The summed E-state index contributed by atoms with van der Waals surface area (Å²) in [5.41, 5.74) is 9.22. The zero-order valence-corrected chi connectivity index (χ0v) is 12.4. The first-order valence-corrected chi connectivity index (χ1v) is 6.58. The second-order valence-electron chi connectivity index (χ2n) is 4.08. The van der Waals surface area contributed by atoms with Crippen molar-refractivity contribution in [3.05, 3.63) is 41.0 Å². The van der Waals surface area contributed by atoms with Gasteiger partial charge in [0.15, 0.2) is 10.8 Å². The van der Waals surface area contributed by atoms with Gasteiger partial charge in [-0.3, -0.25) is 10.9 Å². The van der Waals surface area contributed by atoms with E-state index in [-0.39, 0.29) is 16.8 Å². The van der Waals surface area contributed by atoms with Crippen LogP contribution in [-0.2, 0) is 6.18 Å². The molecule has 1 heterocycles. The Morgan fingerprint density at radius 2 is 1.82 bits per heavy atom. The number of alkyl halides is 3. The largest absolute Gasteiger partial charge is 0.433 e. The molecular weight excluding hydrogens is 339 g/mol. The van der Waals surface area contributed by atoms with Crippen LogP contribution in [-0.4, -0.2) is 15.1 Å². The van der Waals surface area contributed by atoms with Gasteiger partial charge in [-0.25, -0.2) is 9.97 Å². The fraction of sp³-hybridized carbons (Fsp3) is 0.0833. The summed E-state index contributed by atoms with van der Waals surface area (Å²) in [6.45, 7) is 0. The Morgan fingerprint density at radius 1 is 1.18 bits per heavy atom. The molecule has 0 amide bonds. The van der Waals surface area contributed by atoms with E-state index in [1.54, 1.807) is 24.3 Å². The molecule has 10 heteroatoms. The van der Waals surface area contributed by atoms with Crippen LogP contribution in [0.2, 0.25) is 5.02 Å². The molecule has 0 atom stereocenters. The van der Waals surface area contributed by atoms with E-state index in [9.17, 15) is 13.2 Å². The highest BCUT2D eigenvalue weighted by Gasteiger charge is 2.33. The van der Waals surface area contributed by atoms with Gasteiger partial charge in [0.1, 0.15) is 0 Å². The molecule has 116 valence electrons. The van der Waals surface area contributed by atoms with Crippen molar-refractivity contribution in [2.24, 2.45) is 5.73 Å². The quantitative estimate of drug-likeness (QED) is 0.585. The van der Waals surface area contributed by atoms with Gasteiger partial charge in [-0.05, 0) is 30.4 Å². The maximum Gasteiger partial charge on any atom is 0.433 e. The normalized spacial score (nSPS) is 11.1. The van der Waals surface area contributed by atoms with Crippen LogP contribution in [0.1, 0.15) is 5.69 Å². The van der Waals surface area contributed by atoms with Gasteiger partial charge in [0.25, 0.3) is 0 Å². The first kappa shape index (κ1) is 16.2. The number of nitrogens with zero attached hydrogens (tertiary/aromatic N) is 2. The first-order valence-electron chi connectivity index (χ1n) is 5.79. The van der Waals surface area contributed by atoms with Crippen LogP contribution >= 0.6 is 23.8 Å². The van der Waals surface area contributed by atoms with Gasteiger partial charge < -0.3 is 5.73 Å². The lowest BCUT2D eigenvalue weighted by atomic mass is 10.1. The van der Waals surface area contributed by atoms with Gasteiger partial charge in [-0.2, -0.15) is 13.2 Å². The molecule has 0 aliphatic rings. The molecule has 0 fully saturated rings. The molecule has 0 spiro atoms. The molecule has 2 rings (SSSR count). The Morgan fingerprint density at radius 3 is 2.36 bits per heavy atom. The molecule has 0 saturated heterocycles. The summed E-state index contributed by atoms with van der Waals surface area (Å²) in [6, 6.07) is 7.04. The van der Waals surface area contributed by atoms with Crippen molar-refractivity contribution in [2.45, 2.75) is 6.18 Å². The number of hydrazine groups is 1. The first-order chi connectivity index (χ1) is 10.3. The number of benzene rings is 1. The summed E-state index contributed by atoms with van der Waals surface area (Å²) in [6.07, 6.45) is -4.62. The summed E-state index contributed by atoms with van der Waals surface area (Å²) in [7, 11) is 0. The highest BCUT2D eigenvalue weighted by Crippen LogP contribution is 2.31. The van der Waals surface area contributed by atoms with Crippen LogP contribution in [0.25, 0.3) is 11.3 Å². The van der Waals surface area contributed by atoms with Crippen molar-refractivity contribution in [3.8, 4) is 11.3 Å². The number of halogens is 4. The number of thiocarbonyl (C=S) groups is 1. The molecule has 5 nitrogen and oxygen atoms in total. The fourth-order valence-corrected chi connectivity index (χ4v) is 1.71. The summed E-state index contributed by atoms with van der Waals surface area (Å²) < 4.78 is 38.7. The van der Waals surface area contributed by atoms with E-state index in [4.69, 9.17) is 17.3 Å². The third kappa shape index (κ3) is 4.18. The third-order valence-electron chi connectivity index (χ3n) is 2.45. The van der Waals surface area contributed by atoms with Gasteiger partial charge in [-0.1, -0.05) is 23.7 Å². The highest BCUT2D eigenvalue weighted by atomic mass is 35.5. The average Bonchev–Trinajstić information content (AvgIpc) is 2.44. The van der Waals surface area contributed by atoms with Crippen LogP contribution in [0.15, 0.2) is 30.3 Å². The molecular formula is C12H9ClF3N5S. The zero-order chi connectivity index (χ0) is 16.3. The van der Waals surface area contributed by atoms with E-state index in [1.165, 1.54) is 0 Å². The summed E-state index contributed by atoms with van der Waals surface area (Å²) in [5.74, 6) is -0.312. The summed E-state index contributed by atoms with van der Waals surface area (Å²) in [4.78, 5) is 7.34. The van der Waals surface area contributed by atoms with E-state index in [2.05, 4.69) is 33.0 Å². The van der Waals surface area contributed by atoms with Crippen molar-refractivity contribution >= 4 is 34.9 Å². The van der Waals surface area contributed by atoms with Gasteiger partial charge in [0.05, 0.1) is 5.69 Å². The van der Waals surface area contributed by atoms with E-state index >= 15 is 0 Å². The highest BCUT2D eigenvalue weighted by molar-refractivity contribution is 7.80. The summed E-state index contributed by atoms with van der Waals surface area (Å²) in [5, 5.41) is 0.302. The van der Waals surface area contributed by atoms with Crippen molar-refractivity contribution in [3.63, 3.8) is 0 Å². The van der Waals surface area contributed by atoms with Crippen molar-refractivity contribution in [1.29, 1.82) is 0 Å². The second kappa shape index (κ2) is 6.32. The Labute approximate surface area is 133 Å². The molecule has 0 radical (unpaired) electrons. The summed E-state index contributed by atoms with van der Waals surface area (Å²) >= 11 is 10.3. The van der Waals surface area contributed by atoms with Gasteiger partial charge >= 0.3 is 6.18 Å². The number of nitrogens with two attached hydrogens (primary N) is 1. The molecule has 0 bridgehead atoms. The predicted molar refractivity (Wildman–Crippen MR) is 81.0 cm³/mol. The number of hydrogen-bond donors (Lipinski definition) is 3. The lowest BCUT2D eigenvalue weighted by molar-refractivity contribution is -0.141. The zero-order valence-electron chi connectivity index (χ0n) is 10.8. The van der Waals surface area contributed by atoms with Crippen molar-refractivity contribution in [2.75, 3.05) is 5.43 Å². The van der Waals surface area contributed by atoms with E-state index in [0.29, 0.717) is 10.6 Å². The topological polar surface area (TPSA) is 75.9 Å². The molecule has 0 aliphatic carbocycles. The van der Waals surface area contributed by atoms with E-state index < -0.39 is 11.9 Å². The van der Waals surface area contributed by atoms with Gasteiger partial charge in [-0.15, -0.1) is 0 Å². The molecule has 1 aromatic carbocycles. The van der Waals surface area contributed by atoms with E-state index in [1.807, 2.05) is 0 Å². The lowest BCUT2D eigenvalue weighted by Crippen LogP contribution is -2.35. The second-order valence-corrected chi connectivity index (χ2v) is 4.96.